The van der Waals surface area contributed by atoms with E-state index in [0.29, 0.717) is 18.0 Å². The summed E-state index contributed by atoms with van der Waals surface area (Å²) >= 11 is 0. The highest BCUT2D eigenvalue weighted by Gasteiger charge is 2.18. The van der Waals surface area contributed by atoms with Gasteiger partial charge in [-0.05, 0) is 47.6 Å². The number of carbonyl (C=O) groups is 1. The second-order valence-corrected chi connectivity index (χ2v) is 10.2. The van der Waals surface area contributed by atoms with Gasteiger partial charge < -0.3 is 10.6 Å². The van der Waals surface area contributed by atoms with Gasteiger partial charge in [-0.1, -0.05) is 76.2 Å². The maximum atomic E-state index is 12.5. The summed E-state index contributed by atoms with van der Waals surface area (Å²) in [6.07, 6.45) is 1.10. The highest BCUT2D eigenvalue weighted by atomic mass is 32.2. The minimum Gasteiger partial charge on any atom is -0.334 e. The van der Waals surface area contributed by atoms with Crippen LogP contribution in [-0.2, 0) is 22.3 Å². The van der Waals surface area contributed by atoms with E-state index in [0.717, 1.165) is 17.5 Å². The van der Waals surface area contributed by atoms with E-state index in [2.05, 4.69) is 67.3 Å². The maximum absolute atomic E-state index is 12.5. The first-order chi connectivity index (χ1) is 14.6. The van der Waals surface area contributed by atoms with Crippen LogP contribution in [0.5, 0.6) is 0 Å². The molecule has 0 aliphatic rings. The van der Waals surface area contributed by atoms with Gasteiger partial charge in [0.25, 0.3) is 0 Å². The first kappa shape index (κ1) is 24.9. The fourth-order valence-electron chi connectivity index (χ4n) is 3.32. The van der Waals surface area contributed by atoms with Gasteiger partial charge in [-0.25, -0.2) is 17.9 Å². The van der Waals surface area contributed by atoms with E-state index in [4.69, 9.17) is 0 Å². The number of amides is 2. The summed E-state index contributed by atoms with van der Waals surface area (Å²) in [5.74, 6) is 0.699. The van der Waals surface area contributed by atoms with Crippen LogP contribution in [0.15, 0.2) is 48.5 Å². The quantitative estimate of drug-likeness (QED) is 0.505. The predicted octanol–water partition coefficient (Wildman–Crippen LogP) is 4.45. The van der Waals surface area contributed by atoms with Gasteiger partial charge in [-0.2, -0.15) is 0 Å². The van der Waals surface area contributed by atoms with Gasteiger partial charge in [0.2, 0.25) is 10.0 Å². The SMILES string of the molecule is CCC(C)c1ccc(C(NC(=O)NCc2ccc(CS(=O)(=O)NC)cc2)C(C)C)cc1. The fraction of sp³-hybridized carbons (Fsp3) is 0.458. The van der Waals surface area contributed by atoms with Crippen LogP contribution in [0, 0.1) is 5.92 Å². The average molecular weight is 446 g/mol. The molecule has 6 nitrogen and oxygen atoms in total. The molecule has 0 saturated heterocycles. The van der Waals surface area contributed by atoms with Crippen molar-refractivity contribution in [1.82, 2.24) is 15.4 Å². The van der Waals surface area contributed by atoms with Crippen molar-refractivity contribution in [2.24, 2.45) is 5.92 Å². The Labute approximate surface area is 186 Å². The summed E-state index contributed by atoms with van der Waals surface area (Å²) in [4.78, 5) is 12.5. The Balaban J connectivity index is 1.95. The number of urea groups is 1. The van der Waals surface area contributed by atoms with Gasteiger partial charge in [-0.3, -0.25) is 0 Å². The van der Waals surface area contributed by atoms with Crippen molar-refractivity contribution in [2.75, 3.05) is 7.05 Å². The summed E-state index contributed by atoms with van der Waals surface area (Å²) in [5, 5.41) is 5.97. The van der Waals surface area contributed by atoms with Crippen LogP contribution < -0.4 is 15.4 Å². The third-order valence-corrected chi connectivity index (χ3v) is 6.91. The molecule has 7 heteroatoms. The fourth-order valence-corrected chi connectivity index (χ4v) is 4.10. The van der Waals surface area contributed by atoms with Gasteiger partial charge >= 0.3 is 6.03 Å². The van der Waals surface area contributed by atoms with E-state index in [9.17, 15) is 13.2 Å². The molecule has 0 spiro atoms. The van der Waals surface area contributed by atoms with Crippen LogP contribution in [0.4, 0.5) is 4.79 Å². The number of sulfonamides is 1. The van der Waals surface area contributed by atoms with Crippen molar-refractivity contribution < 1.29 is 13.2 Å². The zero-order valence-corrected chi connectivity index (χ0v) is 19.9. The molecule has 0 aliphatic carbocycles. The molecule has 0 bridgehead atoms. The van der Waals surface area contributed by atoms with E-state index in [-0.39, 0.29) is 23.7 Å². The molecule has 170 valence electrons. The van der Waals surface area contributed by atoms with Crippen LogP contribution in [0.25, 0.3) is 0 Å². The van der Waals surface area contributed by atoms with Gasteiger partial charge in [0.05, 0.1) is 11.8 Å². The van der Waals surface area contributed by atoms with Gasteiger partial charge in [0.1, 0.15) is 0 Å². The molecule has 2 amide bonds. The van der Waals surface area contributed by atoms with Crippen LogP contribution in [0.1, 0.15) is 68.3 Å². The summed E-state index contributed by atoms with van der Waals surface area (Å²) in [7, 11) is -1.90. The molecule has 0 radical (unpaired) electrons. The van der Waals surface area contributed by atoms with E-state index in [1.807, 2.05) is 12.1 Å². The second-order valence-electron chi connectivity index (χ2n) is 8.30. The highest BCUT2D eigenvalue weighted by molar-refractivity contribution is 7.88. The molecule has 2 aromatic carbocycles. The van der Waals surface area contributed by atoms with Crippen LogP contribution in [0.3, 0.4) is 0 Å². The minimum atomic E-state index is -3.30. The molecular weight excluding hydrogens is 410 g/mol. The molecule has 0 aromatic heterocycles. The van der Waals surface area contributed by atoms with Gasteiger partial charge in [0.15, 0.2) is 0 Å². The normalized spacial score (nSPS) is 13.6. The van der Waals surface area contributed by atoms with Crippen LogP contribution in [0.2, 0.25) is 0 Å². The first-order valence-corrected chi connectivity index (χ1v) is 12.4. The van der Waals surface area contributed by atoms with E-state index >= 15 is 0 Å². The molecule has 2 unspecified atom stereocenters. The zero-order valence-electron chi connectivity index (χ0n) is 19.1. The molecule has 0 aliphatic heterocycles. The number of carbonyl (C=O) groups excluding carboxylic acids is 1. The number of nitrogens with one attached hydrogen (secondary N) is 3. The Morgan fingerprint density at radius 2 is 1.45 bits per heavy atom. The molecule has 3 N–H and O–H groups in total. The Hall–Kier alpha value is -2.38. The van der Waals surface area contributed by atoms with E-state index < -0.39 is 10.0 Å². The monoisotopic (exact) mass is 445 g/mol. The van der Waals surface area contributed by atoms with Gasteiger partial charge in [-0.15, -0.1) is 0 Å². The smallest absolute Gasteiger partial charge is 0.315 e. The number of hydrogen-bond acceptors (Lipinski definition) is 3. The molecule has 0 heterocycles. The lowest BCUT2D eigenvalue weighted by molar-refractivity contribution is 0.232. The third-order valence-electron chi connectivity index (χ3n) is 5.57. The van der Waals surface area contributed by atoms with Crippen molar-refractivity contribution in [3.63, 3.8) is 0 Å². The lowest BCUT2D eigenvalue weighted by atomic mass is 9.92. The lowest BCUT2D eigenvalue weighted by Crippen LogP contribution is -2.39. The minimum absolute atomic E-state index is 0.0659. The summed E-state index contributed by atoms with van der Waals surface area (Å²) in [6.45, 7) is 8.94. The Morgan fingerprint density at radius 1 is 0.903 bits per heavy atom. The van der Waals surface area contributed by atoms with Crippen molar-refractivity contribution in [2.45, 2.75) is 58.4 Å². The molecule has 2 rings (SSSR count). The molecule has 2 aromatic rings. The Kier molecular flexibility index (Phi) is 9.07. The van der Waals surface area contributed by atoms with E-state index in [1.165, 1.54) is 12.6 Å². The summed E-state index contributed by atoms with van der Waals surface area (Å²) < 4.78 is 25.6. The van der Waals surface area contributed by atoms with E-state index in [1.54, 1.807) is 12.1 Å². The molecule has 0 saturated carbocycles. The second kappa shape index (κ2) is 11.3. The molecular formula is C24H35N3O3S. The number of hydrogen-bond donors (Lipinski definition) is 3. The Bertz CT molecular complexity index is 939. The molecule has 0 fully saturated rings. The number of rotatable bonds is 10. The number of benzene rings is 2. The standard InChI is InChI=1S/C24H35N3O3S/c1-6-18(4)21-11-13-22(14-12-21)23(17(2)3)27-24(28)26-15-19-7-9-20(10-8-19)16-31(29,30)25-5/h7-14,17-18,23,25H,6,15-16H2,1-5H3,(H2,26,27,28). The maximum Gasteiger partial charge on any atom is 0.315 e. The largest absolute Gasteiger partial charge is 0.334 e. The average Bonchev–Trinajstić information content (AvgIpc) is 2.76. The van der Waals surface area contributed by atoms with Gasteiger partial charge in [0, 0.05) is 6.54 Å². The topological polar surface area (TPSA) is 87.3 Å². The van der Waals surface area contributed by atoms with Crippen LogP contribution >= 0.6 is 0 Å². The van der Waals surface area contributed by atoms with Crippen LogP contribution in [-0.4, -0.2) is 21.5 Å². The lowest BCUT2D eigenvalue weighted by Gasteiger charge is -2.24. The third kappa shape index (κ3) is 7.67. The molecule has 2 atom stereocenters. The van der Waals surface area contributed by atoms with Crippen molar-refractivity contribution in [3.8, 4) is 0 Å². The first-order valence-electron chi connectivity index (χ1n) is 10.8. The predicted molar refractivity (Wildman–Crippen MR) is 126 cm³/mol. The zero-order chi connectivity index (χ0) is 23.0. The summed E-state index contributed by atoms with van der Waals surface area (Å²) in [6, 6.07) is 15.4. The van der Waals surface area contributed by atoms with Crippen molar-refractivity contribution in [3.05, 3.63) is 70.8 Å². The molecule has 31 heavy (non-hydrogen) atoms. The Morgan fingerprint density at radius 3 is 1.97 bits per heavy atom. The highest BCUT2D eigenvalue weighted by Crippen LogP contribution is 2.25. The summed E-state index contributed by atoms with van der Waals surface area (Å²) in [5.41, 5.74) is 4.00. The van der Waals surface area contributed by atoms with Crippen molar-refractivity contribution in [1.29, 1.82) is 0 Å². The van der Waals surface area contributed by atoms with Crippen molar-refractivity contribution >= 4 is 16.1 Å².